The topological polar surface area (TPSA) is 76.7 Å². The van der Waals surface area contributed by atoms with Crippen LogP contribution in [0.2, 0.25) is 0 Å². The van der Waals surface area contributed by atoms with E-state index in [1.807, 2.05) is 0 Å². The molecule has 2 N–H and O–H groups in total. The molecule has 2 rings (SSSR count). The van der Waals surface area contributed by atoms with Gasteiger partial charge < -0.3 is 14.8 Å². The third-order valence-electron chi connectivity index (χ3n) is 4.36. The van der Waals surface area contributed by atoms with Gasteiger partial charge in [-0.1, -0.05) is 31.7 Å². The molecule has 8 heteroatoms. The van der Waals surface area contributed by atoms with E-state index in [4.69, 9.17) is 9.47 Å². The number of benzene rings is 1. The van der Waals surface area contributed by atoms with Crippen LogP contribution in [0.25, 0.3) is 0 Å². The van der Waals surface area contributed by atoms with Crippen molar-refractivity contribution in [3.8, 4) is 11.5 Å². The smallest absolute Gasteiger partial charge is 0.248 e. The van der Waals surface area contributed by atoms with Gasteiger partial charge in [-0.15, -0.1) is 12.4 Å². The molecule has 1 aliphatic rings. The van der Waals surface area contributed by atoms with Crippen LogP contribution in [0.4, 0.5) is 0 Å². The van der Waals surface area contributed by atoms with Gasteiger partial charge in [0, 0.05) is 19.1 Å². The average Bonchev–Trinajstić information content (AvgIpc) is 2.86. The Bertz CT molecular complexity index is 595. The number of nitrogens with one attached hydrogen (secondary N) is 2. The predicted octanol–water partition coefficient (Wildman–Crippen LogP) is 2.72. The molecule has 0 radical (unpaired) electrons. The molecule has 1 aromatic rings. The lowest BCUT2D eigenvalue weighted by Gasteiger charge is -2.17. The minimum Gasteiger partial charge on any atom is -0.495 e. The lowest BCUT2D eigenvalue weighted by molar-refractivity contribution is 0.372. The van der Waals surface area contributed by atoms with Crippen molar-refractivity contribution in [2.24, 2.45) is 0 Å². The van der Waals surface area contributed by atoms with E-state index in [0.717, 1.165) is 0 Å². The summed E-state index contributed by atoms with van der Waals surface area (Å²) in [5, 5.41) is 3.45. The largest absolute Gasteiger partial charge is 0.495 e. The first-order valence-electron chi connectivity index (χ1n) is 8.52. The van der Waals surface area contributed by atoms with Gasteiger partial charge in [0.05, 0.1) is 14.2 Å². The first-order chi connectivity index (χ1) is 11.6. The zero-order chi connectivity index (χ0) is 17.4. The molecule has 25 heavy (non-hydrogen) atoms. The van der Waals surface area contributed by atoms with Gasteiger partial charge in [-0.3, -0.25) is 0 Å². The molecule has 1 saturated carbocycles. The number of methoxy groups -OCH3 is 2. The molecule has 6 nitrogen and oxygen atoms in total. The predicted molar refractivity (Wildman–Crippen MR) is 101 cm³/mol. The van der Waals surface area contributed by atoms with Crippen LogP contribution in [0.15, 0.2) is 23.1 Å². The van der Waals surface area contributed by atoms with Crippen molar-refractivity contribution in [3.05, 3.63) is 18.2 Å². The number of halogens is 1. The monoisotopic (exact) mass is 392 g/mol. The molecular formula is C17H29ClN2O4S. The van der Waals surface area contributed by atoms with E-state index >= 15 is 0 Å². The maximum Gasteiger partial charge on any atom is 0.248 e. The molecule has 0 saturated heterocycles. The van der Waals surface area contributed by atoms with Crippen molar-refractivity contribution in [1.29, 1.82) is 0 Å². The maximum atomic E-state index is 12.6. The molecule has 0 amide bonds. The van der Waals surface area contributed by atoms with E-state index in [0.29, 0.717) is 19.1 Å². The van der Waals surface area contributed by atoms with Gasteiger partial charge in [0.15, 0.2) is 4.90 Å². The van der Waals surface area contributed by atoms with E-state index < -0.39 is 10.0 Å². The second kappa shape index (κ2) is 10.9. The van der Waals surface area contributed by atoms with Crippen LogP contribution in [0.1, 0.15) is 38.5 Å². The minimum absolute atomic E-state index is 0. The van der Waals surface area contributed by atoms with Gasteiger partial charge in [-0.05, 0) is 25.0 Å². The Balaban J connectivity index is 0.00000312. The van der Waals surface area contributed by atoms with Gasteiger partial charge >= 0.3 is 0 Å². The summed E-state index contributed by atoms with van der Waals surface area (Å²) in [5.41, 5.74) is 0. The standard InChI is InChI=1S/C17H28N2O4S.ClH/c1-22-15-10-7-11-16(23-2)17(15)24(20,21)19-13-12-18-14-8-5-3-4-6-9-14;/h7,10-11,14,18-19H,3-6,8-9,12-13H2,1-2H3;1H. The molecule has 0 bridgehead atoms. The molecule has 0 spiro atoms. The van der Waals surface area contributed by atoms with Gasteiger partial charge in [0.25, 0.3) is 0 Å². The lowest BCUT2D eigenvalue weighted by Crippen LogP contribution is -2.37. The third kappa shape index (κ3) is 6.33. The second-order valence-electron chi connectivity index (χ2n) is 6.03. The lowest BCUT2D eigenvalue weighted by atomic mass is 10.1. The van der Waals surface area contributed by atoms with Crippen molar-refractivity contribution in [2.45, 2.75) is 49.5 Å². The minimum atomic E-state index is -3.70. The van der Waals surface area contributed by atoms with Gasteiger partial charge in [0.2, 0.25) is 10.0 Å². The molecular weight excluding hydrogens is 364 g/mol. The average molecular weight is 393 g/mol. The summed E-state index contributed by atoms with van der Waals surface area (Å²) < 4.78 is 38.2. The molecule has 0 atom stereocenters. The quantitative estimate of drug-likeness (QED) is 0.525. The highest BCUT2D eigenvalue weighted by molar-refractivity contribution is 7.89. The highest BCUT2D eigenvalue weighted by Crippen LogP contribution is 2.32. The Labute approximate surface area is 157 Å². The maximum absolute atomic E-state index is 12.6. The van der Waals surface area contributed by atoms with Crippen molar-refractivity contribution in [3.63, 3.8) is 0 Å². The van der Waals surface area contributed by atoms with Gasteiger partial charge in [0.1, 0.15) is 11.5 Å². The van der Waals surface area contributed by atoms with E-state index in [9.17, 15) is 8.42 Å². The zero-order valence-corrected chi connectivity index (χ0v) is 16.5. The number of rotatable bonds is 8. The Morgan fingerprint density at radius 2 is 1.56 bits per heavy atom. The summed E-state index contributed by atoms with van der Waals surface area (Å²) in [6.07, 6.45) is 7.46. The fourth-order valence-corrected chi connectivity index (χ4v) is 4.45. The fraction of sp³-hybridized carbons (Fsp3) is 0.647. The third-order valence-corrected chi connectivity index (χ3v) is 5.88. The van der Waals surface area contributed by atoms with Crippen LogP contribution in [-0.4, -0.2) is 41.8 Å². The molecule has 144 valence electrons. The molecule has 0 heterocycles. The molecule has 0 aliphatic heterocycles. The van der Waals surface area contributed by atoms with Gasteiger partial charge in [-0.2, -0.15) is 0 Å². The normalized spacial score (nSPS) is 15.9. The summed E-state index contributed by atoms with van der Waals surface area (Å²) >= 11 is 0. The van der Waals surface area contributed by atoms with Crippen LogP contribution in [0, 0.1) is 0 Å². The molecule has 1 aliphatic carbocycles. The summed E-state index contributed by atoms with van der Waals surface area (Å²) in [5.74, 6) is 0.553. The first-order valence-corrected chi connectivity index (χ1v) is 10.0. The van der Waals surface area contributed by atoms with Crippen molar-refractivity contribution < 1.29 is 17.9 Å². The number of hydrogen-bond acceptors (Lipinski definition) is 5. The molecule has 0 aromatic heterocycles. The first kappa shape index (κ1) is 22.0. The Morgan fingerprint density at radius 3 is 2.08 bits per heavy atom. The molecule has 1 aromatic carbocycles. The van der Waals surface area contributed by atoms with Crippen LogP contribution in [0.3, 0.4) is 0 Å². The van der Waals surface area contributed by atoms with Gasteiger partial charge in [-0.25, -0.2) is 13.1 Å². The Hall–Kier alpha value is -1.02. The SMILES string of the molecule is COc1cccc(OC)c1S(=O)(=O)NCCNC1CCCCCC1.Cl. The summed E-state index contributed by atoms with van der Waals surface area (Å²) in [6.45, 7) is 0.946. The second-order valence-corrected chi connectivity index (χ2v) is 7.74. The summed E-state index contributed by atoms with van der Waals surface area (Å²) in [4.78, 5) is 0.0458. The number of ether oxygens (including phenoxy) is 2. The van der Waals surface area contributed by atoms with Crippen LogP contribution < -0.4 is 19.5 Å². The van der Waals surface area contributed by atoms with Crippen molar-refractivity contribution in [1.82, 2.24) is 10.0 Å². The van der Waals surface area contributed by atoms with Crippen molar-refractivity contribution >= 4 is 22.4 Å². The Morgan fingerprint density at radius 1 is 1.00 bits per heavy atom. The summed E-state index contributed by atoms with van der Waals surface area (Å²) in [7, 11) is -0.804. The highest BCUT2D eigenvalue weighted by Gasteiger charge is 2.24. The zero-order valence-electron chi connectivity index (χ0n) is 14.9. The van der Waals surface area contributed by atoms with E-state index in [-0.39, 0.29) is 28.8 Å². The number of hydrogen-bond donors (Lipinski definition) is 2. The molecule has 1 fully saturated rings. The van der Waals surface area contributed by atoms with E-state index in [2.05, 4.69) is 10.0 Å². The fourth-order valence-electron chi connectivity index (χ4n) is 3.10. The van der Waals surface area contributed by atoms with E-state index in [1.54, 1.807) is 18.2 Å². The van der Waals surface area contributed by atoms with Crippen molar-refractivity contribution in [2.75, 3.05) is 27.3 Å². The summed E-state index contributed by atoms with van der Waals surface area (Å²) in [6, 6.07) is 5.42. The Kier molecular flexibility index (Phi) is 9.56. The molecule has 0 unspecified atom stereocenters. The van der Waals surface area contributed by atoms with Crippen LogP contribution in [-0.2, 0) is 10.0 Å². The van der Waals surface area contributed by atoms with Crippen LogP contribution in [0.5, 0.6) is 11.5 Å². The highest BCUT2D eigenvalue weighted by atomic mass is 35.5. The van der Waals surface area contributed by atoms with E-state index in [1.165, 1.54) is 52.7 Å². The van der Waals surface area contributed by atoms with Crippen LogP contribution >= 0.6 is 12.4 Å². The number of sulfonamides is 1.